The van der Waals surface area contributed by atoms with Crippen molar-refractivity contribution in [2.24, 2.45) is 0 Å². The van der Waals surface area contributed by atoms with Crippen molar-refractivity contribution in [2.75, 3.05) is 4.72 Å². The third kappa shape index (κ3) is 2.66. The topological polar surface area (TPSA) is 82.2 Å². The molecule has 0 aliphatic rings. The normalized spacial score (nSPS) is 11.4. The van der Waals surface area contributed by atoms with Crippen LogP contribution in [0, 0.1) is 0 Å². The van der Waals surface area contributed by atoms with E-state index in [0.717, 1.165) is 5.56 Å². The standard InChI is InChI=1S/C11H12N2O3S/c14-8-9-1-3-10(4-2-9)13-17(15,16)11-5-6-12-7-11/h1-7,12-14H,8H2. The second-order valence-corrected chi connectivity index (χ2v) is 5.19. The Morgan fingerprint density at radius 1 is 1.18 bits per heavy atom. The molecule has 0 aliphatic heterocycles. The van der Waals surface area contributed by atoms with E-state index in [1.807, 2.05) is 0 Å². The fourth-order valence-electron chi connectivity index (χ4n) is 1.37. The molecule has 0 spiro atoms. The van der Waals surface area contributed by atoms with Gasteiger partial charge in [0.05, 0.1) is 6.61 Å². The number of hydrogen-bond acceptors (Lipinski definition) is 3. The molecule has 1 heterocycles. The van der Waals surface area contributed by atoms with Crippen LogP contribution in [0.4, 0.5) is 5.69 Å². The van der Waals surface area contributed by atoms with Gasteiger partial charge in [0.1, 0.15) is 4.90 Å². The van der Waals surface area contributed by atoms with Gasteiger partial charge < -0.3 is 10.1 Å². The summed E-state index contributed by atoms with van der Waals surface area (Å²) in [4.78, 5) is 2.87. The number of aromatic nitrogens is 1. The Balaban J connectivity index is 2.21. The maximum Gasteiger partial charge on any atom is 0.263 e. The van der Waals surface area contributed by atoms with Gasteiger partial charge in [-0.2, -0.15) is 0 Å². The fraction of sp³-hybridized carbons (Fsp3) is 0.0909. The summed E-state index contributed by atoms with van der Waals surface area (Å²) < 4.78 is 26.1. The molecule has 0 unspecified atom stereocenters. The molecule has 0 fully saturated rings. The average Bonchev–Trinajstić information content (AvgIpc) is 2.84. The van der Waals surface area contributed by atoms with Crippen molar-refractivity contribution in [3.63, 3.8) is 0 Å². The monoisotopic (exact) mass is 252 g/mol. The molecule has 6 heteroatoms. The number of benzene rings is 1. The second kappa shape index (κ2) is 4.60. The number of anilines is 1. The first-order valence-corrected chi connectivity index (χ1v) is 6.45. The number of sulfonamides is 1. The lowest BCUT2D eigenvalue weighted by molar-refractivity contribution is 0.282. The van der Waals surface area contributed by atoms with E-state index in [4.69, 9.17) is 5.11 Å². The highest BCUT2D eigenvalue weighted by Crippen LogP contribution is 2.15. The van der Waals surface area contributed by atoms with Gasteiger partial charge >= 0.3 is 0 Å². The molecule has 0 bridgehead atoms. The Hall–Kier alpha value is -1.79. The number of aromatic amines is 1. The number of H-pyrrole nitrogens is 1. The molecule has 3 N–H and O–H groups in total. The van der Waals surface area contributed by atoms with Crippen LogP contribution in [0.25, 0.3) is 0 Å². The zero-order valence-corrected chi connectivity index (χ0v) is 9.74. The van der Waals surface area contributed by atoms with Gasteiger partial charge in [-0.1, -0.05) is 12.1 Å². The summed E-state index contributed by atoms with van der Waals surface area (Å²) in [5, 5.41) is 8.87. The molecule has 0 radical (unpaired) electrons. The number of aliphatic hydroxyl groups excluding tert-OH is 1. The minimum atomic E-state index is -3.53. The lowest BCUT2D eigenvalue weighted by Gasteiger charge is -2.06. The molecular formula is C11H12N2O3S. The number of hydrogen-bond donors (Lipinski definition) is 3. The molecule has 17 heavy (non-hydrogen) atoms. The van der Waals surface area contributed by atoms with Crippen LogP contribution >= 0.6 is 0 Å². The van der Waals surface area contributed by atoms with Gasteiger partial charge in [-0.15, -0.1) is 0 Å². The number of rotatable bonds is 4. The molecular weight excluding hydrogens is 240 g/mol. The van der Waals surface area contributed by atoms with Gasteiger partial charge in [-0.05, 0) is 23.8 Å². The minimum Gasteiger partial charge on any atom is -0.392 e. The molecule has 0 atom stereocenters. The van der Waals surface area contributed by atoms with Crippen LogP contribution in [-0.4, -0.2) is 18.5 Å². The SMILES string of the molecule is O=S(=O)(Nc1ccc(CO)cc1)c1cc[nH]c1. The van der Waals surface area contributed by atoms with E-state index in [1.165, 1.54) is 12.3 Å². The van der Waals surface area contributed by atoms with Gasteiger partial charge in [0.15, 0.2) is 0 Å². The van der Waals surface area contributed by atoms with Crippen molar-refractivity contribution in [3.8, 4) is 0 Å². The van der Waals surface area contributed by atoms with E-state index < -0.39 is 10.0 Å². The first kappa shape index (κ1) is 11.7. The summed E-state index contributed by atoms with van der Waals surface area (Å²) >= 11 is 0. The summed E-state index contributed by atoms with van der Waals surface area (Å²) in [6.45, 7) is -0.0646. The second-order valence-electron chi connectivity index (χ2n) is 3.51. The summed E-state index contributed by atoms with van der Waals surface area (Å²) in [6.07, 6.45) is 2.95. The van der Waals surface area contributed by atoms with Crippen LogP contribution < -0.4 is 4.72 Å². The Morgan fingerprint density at radius 2 is 1.88 bits per heavy atom. The largest absolute Gasteiger partial charge is 0.392 e. The van der Waals surface area contributed by atoms with Gasteiger partial charge in [0.2, 0.25) is 0 Å². The third-order valence-corrected chi connectivity index (χ3v) is 3.65. The quantitative estimate of drug-likeness (QED) is 0.767. The zero-order chi connectivity index (χ0) is 12.3. The number of nitrogens with one attached hydrogen (secondary N) is 2. The smallest absolute Gasteiger partial charge is 0.263 e. The van der Waals surface area contributed by atoms with E-state index in [-0.39, 0.29) is 11.5 Å². The third-order valence-electron chi connectivity index (χ3n) is 2.27. The first-order valence-electron chi connectivity index (χ1n) is 4.97. The molecule has 0 saturated carbocycles. The summed E-state index contributed by atoms with van der Waals surface area (Å²) in [5.74, 6) is 0. The summed E-state index contributed by atoms with van der Waals surface area (Å²) in [6, 6.07) is 8.01. The van der Waals surface area contributed by atoms with Crippen LogP contribution in [0.2, 0.25) is 0 Å². The van der Waals surface area contributed by atoms with E-state index in [9.17, 15) is 8.42 Å². The molecule has 0 saturated heterocycles. The van der Waals surface area contributed by atoms with E-state index >= 15 is 0 Å². The highest BCUT2D eigenvalue weighted by atomic mass is 32.2. The van der Waals surface area contributed by atoms with Crippen LogP contribution in [-0.2, 0) is 16.6 Å². The van der Waals surface area contributed by atoms with Crippen molar-refractivity contribution in [2.45, 2.75) is 11.5 Å². The number of aliphatic hydroxyl groups is 1. The Labute approximate surface area is 99.2 Å². The van der Waals surface area contributed by atoms with E-state index in [0.29, 0.717) is 5.69 Å². The maximum atomic E-state index is 11.8. The van der Waals surface area contributed by atoms with Crippen molar-refractivity contribution in [1.29, 1.82) is 0 Å². The molecule has 0 amide bonds. The predicted octanol–water partition coefficient (Wildman–Crippen LogP) is 1.31. The maximum absolute atomic E-state index is 11.8. The lowest BCUT2D eigenvalue weighted by Crippen LogP contribution is -2.12. The van der Waals surface area contributed by atoms with Gasteiger partial charge in [-0.25, -0.2) is 8.42 Å². The molecule has 2 aromatic rings. The molecule has 90 valence electrons. The molecule has 0 aliphatic carbocycles. The van der Waals surface area contributed by atoms with Crippen LogP contribution in [0.15, 0.2) is 47.6 Å². The molecule has 5 nitrogen and oxygen atoms in total. The molecule has 2 rings (SSSR count). The fourth-order valence-corrected chi connectivity index (χ4v) is 2.40. The molecule has 1 aromatic carbocycles. The Kier molecular flexibility index (Phi) is 3.16. The van der Waals surface area contributed by atoms with Crippen molar-refractivity contribution < 1.29 is 13.5 Å². The van der Waals surface area contributed by atoms with E-state index in [1.54, 1.807) is 30.5 Å². The Morgan fingerprint density at radius 3 is 2.41 bits per heavy atom. The first-order chi connectivity index (χ1) is 8.12. The Bertz CT molecular complexity index is 574. The van der Waals surface area contributed by atoms with Crippen LogP contribution in [0.5, 0.6) is 0 Å². The summed E-state index contributed by atoms with van der Waals surface area (Å²) in [5.41, 5.74) is 1.19. The highest BCUT2D eigenvalue weighted by molar-refractivity contribution is 7.92. The average molecular weight is 252 g/mol. The minimum absolute atomic E-state index is 0.0646. The van der Waals surface area contributed by atoms with Crippen molar-refractivity contribution >= 4 is 15.7 Å². The zero-order valence-electron chi connectivity index (χ0n) is 8.92. The van der Waals surface area contributed by atoms with Gasteiger partial charge in [0.25, 0.3) is 10.0 Å². The van der Waals surface area contributed by atoms with E-state index in [2.05, 4.69) is 9.71 Å². The molecule has 1 aromatic heterocycles. The van der Waals surface area contributed by atoms with Crippen LogP contribution in [0.3, 0.4) is 0 Å². The van der Waals surface area contributed by atoms with Crippen molar-refractivity contribution in [1.82, 2.24) is 4.98 Å². The van der Waals surface area contributed by atoms with Crippen molar-refractivity contribution in [3.05, 3.63) is 48.3 Å². The highest BCUT2D eigenvalue weighted by Gasteiger charge is 2.13. The van der Waals surface area contributed by atoms with Gasteiger partial charge in [-0.3, -0.25) is 4.72 Å². The van der Waals surface area contributed by atoms with Gasteiger partial charge in [0, 0.05) is 18.1 Å². The lowest BCUT2D eigenvalue weighted by atomic mass is 10.2. The van der Waals surface area contributed by atoms with Crippen LogP contribution in [0.1, 0.15) is 5.56 Å². The predicted molar refractivity (Wildman–Crippen MR) is 64.0 cm³/mol. The summed E-state index contributed by atoms with van der Waals surface area (Å²) in [7, 11) is -3.53.